The lowest BCUT2D eigenvalue weighted by Crippen LogP contribution is -2.17. The topological polar surface area (TPSA) is 72.0 Å². The number of rotatable bonds is 5. The van der Waals surface area contributed by atoms with Gasteiger partial charge in [0.05, 0.1) is 18.1 Å². The summed E-state index contributed by atoms with van der Waals surface area (Å²) >= 11 is 3.32. The Hall–Kier alpha value is -2.08. The monoisotopic (exact) mass is 389 g/mol. The predicted molar refractivity (Wildman–Crippen MR) is 97.1 cm³/mol. The van der Waals surface area contributed by atoms with Gasteiger partial charge in [0.15, 0.2) is 5.78 Å². The lowest BCUT2D eigenvalue weighted by Gasteiger charge is -2.16. The predicted octanol–water partition coefficient (Wildman–Crippen LogP) is 4.14. The summed E-state index contributed by atoms with van der Waals surface area (Å²) in [5, 5.41) is 2.71. The molecular weight excluding hydrogens is 370 g/mol. The highest BCUT2D eigenvalue weighted by Crippen LogP contribution is 2.18. The number of nitrogens with one attached hydrogen (secondary N) is 1. The Morgan fingerprint density at radius 1 is 1.04 bits per heavy atom. The maximum absolute atomic E-state index is 12.0. The first kappa shape index (κ1) is 18.3. The molecule has 24 heavy (non-hydrogen) atoms. The van der Waals surface area contributed by atoms with E-state index in [0.717, 1.165) is 4.47 Å². The van der Waals surface area contributed by atoms with Crippen molar-refractivity contribution >= 4 is 33.3 Å². The van der Waals surface area contributed by atoms with Crippen LogP contribution in [0.15, 0.2) is 41.1 Å². The third-order valence-electron chi connectivity index (χ3n) is 3.35. The van der Waals surface area contributed by atoms with Gasteiger partial charge in [0.2, 0.25) is 5.91 Å². The molecule has 1 aromatic carbocycles. The SMILES string of the molecule is CC(C)(C)c1ncc(NC(=O)CCC(=O)c2ccc(Br)cc2)cn1. The first-order valence-electron chi connectivity index (χ1n) is 7.67. The highest BCUT2D eigenvalue weighted by Gasteiger charge is 2.17. The number of hydrogen-bond acceptors (Lipinski definition) is 4. The van der Waals surface area contributed by atoms with Gasteiger partial charge in [0.1, 0.15) is 5.82 Å². The average Bonchev–Trinajstić information content (AvgIpc) is 2.53. The van der Waals surface area contributed by atoms with Crippen molar-refractivity contribution in [2.24, 2.45) is 0 Å². The number of halogens is 1. The van der Waals surface area contributed by atoms with E-state index in [9.17, 15) is 9.59 Å². The van der Waals surface area contributed by atoms with Gasteiger partial charge in [-0.15, -0.1) is 0 Å². The normalized spacial score (nSPS) is 11.2. The molecule has 0 atom stereocenters. The van der Waals surface area contributed by atoms with Crippen LogP contribution in [0.1, 0.15) is 49.8 Å². The minimum Gasteiger partial charge on any atom is -0.323 e. The number of ketones is 1. The number of amides is 1. The van der Waals surface area contributed by atoms with Crippen molar-refractivity contribution in [2.75, 3.05) is 5.32 Å². The second kappa shape index (κ2) is 7.66. The molecule has 1 heterocycles. The molecule has 6 heteroatoms. The third-order valence-corrected chi connectivity index (χ3v) is 3.88. The van der Waals surface area contributed by atoms with Crippen LogP contribution in [0.2, 0.25) is 0 Å². The molecule has 2 rings (SSSR count). The zero-order valence-electron chi connectivity index (χ0n) is 14.0. The van der Waals surface area contributed by atoms with Gasteiger partial charge in [-0.2, -0.15) is 0 Å². The van der Waals surface area contributed by atoms with E-state index in [1.807, 2.05) is 20.8 Å². The smallest absolute Gasteiger partial charge is 0.224 e. The fourth-order valence-corrected chi connectivity index (χ4v) is 2.27. The Morgan fingerprint density at radius 3 is 2.17 bits per heavy atom. The van der Waals surface area contributed by atoms with Crippen LogP contribution in [0.4, 0.5) is 5.69 Å². The van der Waals surface area contributed by atoms with E-state index in [1.165, 1.54) is 0 Å². The summed E-state index contributed by atoms with van der Waals surface area (Å²) in [6, 6.07) is 7.09. The summed E-state index contributed by atoms with van der Waals surface area (Å²) in [5.41, 5.74) is 0.993. The van der Waals surface area contributed by atoms with Crippen molar-refractivity contribution in [1.82, 2.24) is 9.97 Å². The lowest BCUT2D eigenvalue weighted by atomic mass is 9.96. The van der Waals surface area contributed by atoms with E-state index in [4.69, 9.17) is 0 Å². The molecule has 0 fully saturated rings. The molecule has 2 aromatic rings. The number of hydrogen-bond donors (Lipinski definition) is 1. The largest absolute Gasteiger partial charge is 0.323 e. The minimum absolute atomic E-state index is 0.0584. The highest BCUT2D eigenvalue weighted by molar-refractivity contribution is 9.10. The van der Waals surface area contributed by atoms with Crippen LogP contribution in [0.25, 0.3) is 0 Å². The fraction of sp³-hybridized carbons (Fsp3) is 0.333. The number of aromatic nitrogens is 2. The van der Waals surface area contributed by atoms with E-state index >= 15 is 0 Å². The van der Waals surface area contributed by atoms with Crippen LogP contribution in [0, 0.1) is 0 Å². The van der Waals surface area contributed by atoms with Gasteiger partial charge >= 0.3 is 0 Å². The summed E-state index contributed by atoms with van der Waals surface area (Å²) < 4.78 is 0.912. The number of anilines is 1. The van der Waals surface area contributed by atoms with E-state index in [1.54, 1.807) is 36.7 Å². The Kier molecular flexibility index (Phi) is 5.83. The van der Waals surface area contributed by atoms with Gasteiger partial charge in [-0.25, -0.2) is 9.97 Å². The molecule has 0 spiro atoms. The number of Topliss-reactive ketones (excluding diaryl/α,β-unsaturated/α-hetero) is 1. The lowest BCUT2D eigenvalue weighted by molar-refractivity contribution is -0.116. The molecule has 1 amide bonds. The van der Waals surface area contributed by atoms with Crippen molar-refractivity contribution in [2.45, 2.75) is 39.0 Å². The van der Waals surface area contributed by atoms with Gasteiger partial charge < -0.3 is 5.32 Å². The molecule has 0 bridgehead atoms. The van der Waals surface area contributed by atoms with Crippen LogP contribution in [0.3, 0.4) is 0 Å². The fourth-order valence-electron chi connectivity index (χ4n) is 2.01. The third kappa shape index (κ3) is 5.23. The zero-order valence-corrected chi connectivity index (χ0v) is 15.6. The van der Waals surface area contributed by atoms with Crippen molar-refractivity contribution in [3.05, 3.63) is 52.5 Å². The standard InChI is InChI=1S/C18H20BrN3O2/c1-18(2,3)17-20-10-14(11-21-17)22-16(24)9-8-15(23)12-4-6-13(19)7-5-12/h4-7,10-11H,8-9H2,1-3H3,(H,22,24). The van der Waals surface area contributed by atoms with E-state index in [2.05, 4.69) is 31.2 Å². The molecule has 0 saturated heterocycles. The van der Waals surface area contributed by atoms with E-state index < -0.39 is 0 Å². The highest BCUT2D eigenvalue weighted by atomic mass is 79.9. The van der Waals surface area contributed by atoms with Gasteiger partial charge in [-0.3, -0.25) is 9.59 Å². The summed E-state index contributed by atoms with van der Waals surface area (Å²) in [6.07, 6.45) is 3.45. The molecule has 0 radical (unpaired) electrons. The number of benzene rings is 1. The zero-order chi connectivity index (χ0) is 17.7. The van der Waals surface area contributed by atoms with Crippen LogP contribution in [-0.4, -0.2) is 21.7 Å². The van der Waals surface area contributed by atoms with Crippen molar-refractivity contribution < 1.29 is 9.59 Å². The summed E-state index contributed by atoms with van der Waals surface area (Å²) in [5.74, 6) is 0.426. The Bertz CT molecular complexity index is 719. The summed E-state index contributed by atoms with van der Waals surface area (Å²) in [7, 11) is 0. The number of carbonyl (C=O) groups is 2. The van der Waals surface area contributed by atoms with E-state index in [-0.39, 0.29) is 29.9 Å². The molecule has 0 aliphatic carbocycles. The summed E-state index contributed by atoms with van der Waals surface area (Å²) in [6.45, 7) is 6.07. The molecule has 0 aliphatic heterocycles. The van der Waals surface area contributed by atoms with Gasteiger partial charge in [0.25, 0.3) is 0 Å². The minimum atomic E-state index is -0.229. The number of nitrogens with zero attached hydrogens (tertiary/aromatic N) is 2. The molecular formula is C18H20BrN3O2. The first-order chi connectivity index (χ1) is 11.3. The van der Waals surface area contributed by atoms with Crippen molar-refractivity contribution in [3.8, 4) is 0 Å². The van der Waals surface area contributed by atoms with Crippen LogP contribution >= 0.6 is 15.9 Å². The van der Waals surface area contributed by atoms with Gasteiger partial charge in [0, 0.05) is 28.3 Å². The Labute approximate surface area is 150 Å². The summed E-state index contributed by atoms with van der Waals surface area (Å²) in [4.78, 5) is 32.5. The maximum Gasteiger partial charge on any atom is 0.224 e. The maximum atomic E-state index is 12.0. The van der Waals surface area contributed by atoms with Crippen molar-refractivity contribution in [1.29, 1.82) is 0 Å². The number of carbonyl (C=O) groups excluding carboxylic acids is 2. The molecule has 0 saturated carbocycles. The molecule has 1 N–H and O–H groups in total. The quantitative estimate of drug-likeness (QED) is 0.779. The first-order valence-corrected chi connectivity index (χ1v) is 8.46. The van der Waals surface area contributed by atoms with Crippen LogP contribution < -0.4 is 5.32 Å². The Morgan fingerprint density at radius 2 is 1.62 bits per heavy atom. The second-order valence-electron chi connectivity index (χ2n) is 6.52. The second-order valence-corrected chi connectivity index (χ2v) is 7.44. The molecule has 1 aromatic heterocycles. The average molecular weight is 390 g/mol. The molecule has 0 aliphatic rings. The van der Waals surface area contributed by atoms with Crippen LogP contribution in [-0.2, 0) is 10.2 Å². The van der Waals surface area contributed by atoms with Gasteiger partial charge in [-0.1, -0.05) is 48.8 Å². The van der Waals surface area contributed by atoms with E-state index in [0.29, 0.717) is 17.1 Å². The Balaban J connectivity index is 1.87. The molecule has 0 unspecified atom stereocenters. The molecule has 5 nitrogen and oxygen atoms in total. The van der Waals surface area contributed by atoms with Crippen molar-refractivity contribution in [3.63, 3.8) is 0 Å². The molecule has 126 valence electrons. The van der Waals surface area contributed by atoms with Gasteiger partial charge in [-0.05, 0) is 12.1 Å². The van der Waals surface area contributed by atoms with Crippen LogP contribution in [0.5, 0.6) is 0 Å².